The van der Waals surface area contributed by atoms with Crippen molar-refractivity contribution in [3.05, 3.63) is 23.0 Å². The molecule has 0 saturated carbocycles. The van der Waals surface area contributed by atoms with Crippen LogP contribution in [0.15, 0.2) is 23.0 Å². The molecule has 1 rings (SSSR count). The maximum absolute atomic E-state index is 9.31. The van der Waals surface area contributed by atoms with Gasteiger partial charge in [-0.05, 0) is 0 Å². The number of rotatable bonds is 4. The third kappa shape index (κ3) is 3.06. The average Bonchev–Trinajstić information content (AvgIpc) is 2.25. The van der Waals surface area contributed by atoms with Crippen LogP contribution in [0.2, 0.25) is 0 Å². The molecular formula is C12H18BO3. The average molecular weight is 221 g/mol. The van der Waals surface area contributed by atoms with Crippen LogP contribution >= 0.6 is 0 Å². The first-order chi connectivity index (χ1) is 7.54. The fraction of sp³-hybridized carbons (Fsp3) is 0.583. The van der Waals surface area contributed by atoms with Crippen LogP contribution in [0.25, 0.3) is 0 Å². The molecule has 1 N–H and O–H groups in total. The van der Waals surface area contributed by atoms with Gasteiger partial charge >= 0.3 is 97.2 Å². The molecule has 0 amide bonds. The molecule has 0 aromatic heterocycles. The number of aliphatic hydroxyl groups excluding tert-OH is 1. The summed E-state index contributed by atoms with van der Waals surface area (Å²) in [4.78, 5) is 0. The minimum atomic E-state index is -0.677. The molecule has 0 aromatic rings. The predicted molar refractivity (Wildman–Crippen MR) is 65.4 cm³/mol. The van der Waals surface area contributed by atoms with E-state index in [2.05, 4.69) is 0 Å². The Morgan fingerprint density at radius 2 is 2.25 bits per heavy atom. The molecule has 0 saturated heterocycles. The van der Waals surface area contributed by atoms with E-state index >= 15 is 0 Å². The van der Waals surface area contributed by atoms with Gasteiger partial charge in [-0.15, -0.1) is 0 Å². The summed E-state index contributed by atoms with van der Waals surface area (Å²) in [7, 11) is 5.52. The van der Waals surface area contributed by atoms with Crippen molar-refractivity contribution in [2.75, 3.05) is 13.2 Å². The Balaban J connectivity index is 3.08. The van der Waals surface area contributed by atoms with E-state index in [1.807, 2.05) is 26.8 Å². The Morgan fingerprint density at radius 1 is 1.56 bits per heavy atom. The summed E-state index contributed by atoms with van der Waals surface area (Å²) in [5.74, 6) is 1.43. The molecule has 1 heterocycles. The van der Waals surface area contributed by atoms with Crippen molar-refractivity contribution in [3.63, 3.8) is 0 Å². The molecule has 87 valence electrons. The normalized spacial score (nSPS) is 20.6. The van der Waals surface area contributed by atoms with Crippen molar-refractivity contribution >= 4 is 13.5 Å². The van der Waals surface area contributed by atoms with Crippen molar-refractivity contribution in [1.82, 2.24) is 0 Å². The summed E-state index contributed by atoms with van der Waals surface area (Å²) in [5.41, 5.74) is 1.53. The van der Waals surface area contributed by atoms with E-state index in [0.717, 1.165) is 17.6 Å². The van der Waals surface area contributed by atoms with Gasteiger partial charge < -0.3 is 0 Å². The zero-order valence-electron chi connectivity index (χ0n) is 10.1. The predicted octanol–water partition coefficient (Wildman–Crippen LogP) is 1.32. The van der Waals surface area contributed by atoms with Gasteiger partial charge in [-0.2, -0.15) is 0 Å². The second-order valence-corrected chi connectivity index (χ2v) is 4.11. The van der Waals surface area contributed by atoms with E-state index in [0.29, 0.717) is 12.4 Å². The third-order valence-electron chi connectivity index (χ3n) is 2.33. The molecule has 0 fully saturated rings. The van der Waals surface area contributed by atoms with Crippen LogP contribution in [0.5, 0.6) is 0 Å². The van der Waals surface area contributed by atoms with E-state index in [9.17, 15) is 5.11 Å². The number of hydrogen-bond donors (Lipinski definition) is 1. The Labute approximate surface area is 97.8 Å². The van der Waals surface area contributed by atoms with Crippen molar-refractivity contribution in [2.24, 2.45) is 0 Å². The topological polar surface area (TPSA) is 38.7 Å². The Hall–Kier alpha value is -0.865. The van der Waals surface area contributed by atoms with Crippen molar-refractivity contribution in [1.29, 1.82) is 0 Å². The molecule has 0 atom stereocenters. The van der Waals surface area contributed by atoms with Crippen LogP contribution in [-0.2, 0) is 9.47 Å². The van der Waals surface area contributed by atoms with Gasteiger partial charge in [0.15, 0.2) is 0 Å². The summed E-state index contributed by atoms with van der Waals surface area (Å²) in [6.07, 6.45) is 2.77. The van der Waals surface area contributed by atoms with Crippen LogP contribution in [0.3, 0.4) is 0 Å². The molecule has 4 heteroatoms. The minimum absolute atomic E-state index is 0.0589. The van der Waals surface area contributed by atoms with Gasteiger partial charge in [-0.25, -0.2) is 0 Å². The molecule has 0 aliphatic carbocycles. The fourth-order valence-corrected chi connectivity index (χ4v) is 1.53. The van der Waals surface area contributed by atoms with Crippen LogP contribution in [0, 0.1) is 0 Å². The Bertz CT molecular complexity index is 329. The van der Waals surface area contributed by atoms with Crippen molar-refractivity contribution < 1.29 is 14.6 Å². The van der Waals surface area contributed by atoms with E-state index < -0.39 is 5.79 Å². The summed E-state index contributed by atoms with van der Waals surface area (Å²) in [6.45, 7) is 6.02. The van der Waals surface area contributed by atoms with E-state index in [4.69, 9.17) is 17.0 Å². The van der Waals surface area contributed by atoms with Crippen LogP contribution in [0.4, 0.5) is 0 Å². The third-order valence-corrected chi connectivity index (χ3v) is 2.33. The molecule has 1 aliphatic rings. The maximum atomic E-state index is 9.31. The second kappa shape index (κ2) is 5.46. The number of aliphatic hydroxyl groups is 1. The van der Waals surface area contributed by atoms with Gasteiger partial charge in [0.05, 0.1) is 0 Å². The molecule has 0 unspecified atom stereocenters. The van der Waals surface area contributed by atoms with Crippen molar-refractivity contribution in [2.45, 2.75) is 33.0 Å². The SMILES string of the molecule is [B]=CC1=C(C(=CCC)CO)OC(C)(C)OC1. The van der Waals surface area contributed by atoms with Crippen molar-refractivity contribution in [3.8, 4) is 0 Å². The van der Waals surface area contributed by atoms with Gasteiger partial charge in [-0.3, -0.25) is 0 Å². The second-order valence-electron chi connectivity index (χ2n) is 4.11. The molecule has 16 heavy (non-hydrogen) atoms. The van der Waals surface area contributed by atoms with Gasteiger partial charge in [-0.1, -0.05) is 0 Å². The van der Waals surface area contributed by atoms with Gasteiger partial charge in [0.1, 0.15) is 0 Å². The van der Waals surface area contributed by atoms with Crippen LogP contribution < -0.4 is 0 Å². The molecule has 0 aromatic carbocycles. The molecule has 0 bridgehead atoms. The summed E-state index contributed by atoms with van der Waals surface area (Å²) < 4.78 is 11.2. The van der Waals surface area contributed by atoms with Crippen LogP contribution in [-0.4, -0.2) is 37.6 Å². The molecule has 3 nitrogen and oxygen atoms in total. The summed E-state index contributed by atoms with van der Waals surface area (Å²) in [6, 6.07) is 0. The molecular weight excluding hydrogens is 203 g/mol. The molecule has 0 spiro atoms. The number of allylic oxidation sites excluding steroid dienone is 1. The fourth-order valence-electron chi connectivity index (χ4n) is 1.53. The van der Waals surface area contributed by atoms with E-state index in [-0.39, 0.29) is 6.61 Å². The first-order valence-electron chi connectivity index (χ1n) is 5.45. The summed E-state index contributed by atoms with van der Waals surface area (Å²) >= 11 is 0. The van der Waals surface area contributed by atoms with Gasteiger partial charge in [0, 0.05) is 0 Å². The van der Waals surface area contributed by atoms with Crippen LogP contribution in [0.1, 0.15) is 27.2 Å². The van der Waals surface area contributed by atoms with E-state index in [1.54, 1.807) is 0 Å². The first kappa shape index (κ1) is 13.2. The Kier molecular flexibility index (Phi) is 4.50. The van der Waals surface area contributed by atoms with Gasteiger partial charge in [0.25, 0.3) is 0 Å². The number of ether oxygens (including phenoxy) is 2. The summed E-state index contributed by atoms with van der Waals surface area (Å²) in [5, 5.41) is 9.31. The zero-order chi connectivity index (χ0) is 12.2. The molecule has 1 aliphatic heterocycles. The first-order valence-corrected chi connectivity index (χ1v) is 5.45. The monoisotopic (exact) mass is 221 g/mol. The molecule has 1 radical (unpaired) electrons. The Morgan fingerprint density at radius 3 is 2.75 bits per heavy atom. The standard InChI is InChI=1S/C12H18BO3/c1-4-5-9(7-14)11-10(6-13)8-15-12(2,3)16-11/h5-6,14H,4,7-8H2,1-3H3. The van der Waals surface area contributed by atoms with Gasteiger partial charge in [0.2, 0.25) is 0 Å². The van der Waals surface area contributed by atoms with E-state index in [1.165, 1.54) is 5.97 Å². The quantitative estimate of drug-likeness (QED) is 0.727. The number of hydrogen-bond acceptors (Lipinski definition) is 3. The zero-order valence-corrected chi connectivity index (χ0v) is 10.1.